The summed E-state index contributed by atoms with van der Waals surface area (Å²) in [6.45, 7) is 0. The third-order valence-electron chi connectivity index (χ3n) is 6.36. The van der Waals surface area contributed by atoms with Gasteiger partial charge in [-0.05, 0) is 22.9 Å². The first-order valence-corrected chi connectivity index (χ1v) is 10.7. The molecule has 26 heavy (non-hydrogen) atoms. The van der Waals surface area contributed by atoms with Crippen LogP contribution in [0.1, 0.15) is 22.6 Å². The summed E-state index contributed by atoms with van der Waals surface area (Å²) < 4.78 is 12.6. The third-order valence-corrected chi connectivity index (χ3v) is 8.32. The number of nitrogens with zero attached hydrogens (tertiary/aromatic N) is 1. The predicted molar refractivity (Wildman–Crippen MR) is 99.1 cm³/mol. The Hall–Kier alpha value is -1.25. The minimum Gasteiger partial charge on any atom is -0.459 e. The van der Waals surface area contributed by atoms with Gasteiger partial charge in [-0.25, -0.2) is 4.79 Å². The van der Waals surface area contributed by atoms with Gasteiger partial charge in [0.15, 0.2) is 0 Å². The Bertz CT molecular complexity index is 762. The van der Waals surface area contributed by atoms with E-state index in [1.807, 2.05) is 22.9 Å². The first-order valence-electron chi connectivity index (χ1n) is 8.92. The molecule has 3 fully saturated rings. The van der Waals surface area contributed by atoms with Crippen LogP contribution >= 0.6 is 22.7 Å². The third kappa shape index (κ3) is 2.28. The van der Waals surface area contributed by atoms with Crippen LogP contribution in [0.5, 0.6) is 0 Å². The number of carbonyl (C=O) groups is 1. The van der Waals surface area contributed by atoms with Gasteiger partial charge in [0, 0.05) is 12.8 Å². The minimum absolute atomic E-state index is 0.161. The number of aliphatic hydroxyl groups is 1. The molecule has 3 aliphatic heterocycles. The molecule has 0 radical (unpaired) electrons. The molecule has 0 aliphatic carbocycles. The molecule has 4 atom stereocenters. The monoisotopic (exact) mass is 392 g/mol. The van der Waals surface area contributed by atoms with E-state index in [-0.39, 0.29) is 6.10 Å². The Morgan fingerprint density at radius 1 is 1.15 bits per heavy atom. The van der Waals surface area contributed by atoms with Crippen LogP contribution in [0, 0.1) is 0 Å². The van der Waals surface area contributed by atoms with E-state index in [1.54, 1.807) is 12.1 Å². The molecule has 0 aromatic carbocycles. The Morgan fingerprint density at radius 3 is 2.15 bits per heavy atom. The van der Waals surface area contributed by atoms with Crippen LogP contribution in [0.2, 0.25) is 0 Å². The van der Waals surface area contributed by atoms with Gasteiger partial charge in [-0.15, -0.1) is 22.7 Å². The van der Waals surface area contributed by atoms with Crippen LogP contribution < -0.4 is 0 Å². The summed E-state index contributed by atoms with van der Waals surface area (Å²) in [6, 6.07) is 8.01. The molecule has 0 saturated carbocycles. The zero-order valence-electron chi connectivity index (χ0n) is 14.7. The number of quaternary nitrogens is 1. The zero-order chi connectivity index (χ0) is 18.1. The van der Waals surface area contributed by atoms with Crippen LogP contribution in [0.3, 0.4) is 0 Å². The fraction of sp³-hybridized carbons (Fsp3) is 0.526. The van der Waals surface area contributed by atoms with Crippen LogP contribution in [0.15, 0.2) is 35.0 Å². The van der Waals surface area contributed by atoms with Gasteiger partial charge in [0.05, 0.1) is 23.8 Å². The molecule has 2 bridgehead atoms. The summed E-state index contributed by atoms with van der Waals surface area (Å²) in [5, 5.41) is 15.1. The number of hydrogen-bond acceptors (Lipinski definition) is 6. The molecule has 1 N–H and O–H groups in total. The maximum atomic E-state index is 13.1. The lowest BCUT2D eigenvalue weighted by Gasteiger charge is -2.45. The lowest BCUT2D eigenvalue weighted by molar-refractivity contribution is -0.938. The lowest BCUT2D eigenvalue weighted by atomic mass is 9.95. The van der Waals surface area contributed by atoms with Gasteiger partial charge in [0.2, 0.25) is 5.60 Å². The van der Waals surface area contributed by atoms with Crippen molar-refractivity contribution in [3.05, 3.63) is 44.8 Å². The maximum Gasteiger partial charge on any atom is 0.349 e. The number of hydrogen-bond donors (Lipinski definition) is 1. The quantitative estimate of drug-likeness (QED) is 0.493. The van der Waals surface area contributed by atoms with Crippen LogP contribution in [0.25, 0.3) is 0 Å². The van der Waals surface area contributed by atoms with Crippen molar-refractivity contribution in [2.45, 2.75) is 48.8 Å². The molecule has 5 heterocycles. The highest BCUT2D eigenvalue weighted by Crippen LogP contribution is 2.52. The molecule has 5 rings (SSSR count). The number of thiophene rings is 2. The molecular weight excluding hydrogens is 370 g/mol. The van der Waals surface area contributed by atoms with Crippen molar-refractivity contribution in [1.82, 2.24) is 0 Å². The van der Waals surface area contributed by atoms with Gasteiger partial charge in [-0.1, -0.05) is 12.1 Å². The van der Waals surface area contributed by atoms with E-state index in [0.717, 1.165) is 17.3 Å². The van der Waals surface area contributed by atoms with E-state index < -0.39 is 11.6 Å². The molecule has 2 aromatic rings. The van der Waals surface area contributed by atoms with Gasteiger partial charge in [-0.3, -0.25) is 0 Å². The Balaban J connectivity index is 1.40. The summed E-state index contributed by atoms with van der Waals surface area (Å²) in [4.78, 5) is 14.3. The van der Waals surface area contributed by atoms with Crippen molar-refractivity contribution < 1.29 is 23.9 Å². The van der Waals surface area contributed by atoms with Crippen molar-refractivity contribution in [2.75, 3.05) is 14.1 Å². The predicted octanol–water partition coefficient (Wildman–Crippen LogP) is 2.35. The number of ether oxygens (including phenoxy) is 2. The van der Waals surface area contributed by atoms with E-state index >= 15 is 0 Å². The zero-order valence-corrected chi connectivity index (χ0v) is 16.3. The molecule has 2 aromatic heterocycles. The standard InChI is InChI=1S/C19H22NO4S2/c1-20(2)12-9-11(10-13(20)17-16(12)24-17)23-18(21)19(22,14-5-3-7-25-14)15-6-4-8-26-15/h3-8,11-13,16-17,22H,9-10H2,1-2H3/q+1/t12-,13-,16-,17-/m0/s1. The number of morpholine rings is 1. The van der Waals surface area contributed by atoms with Crippen molar-refractivity contribution in [3.63, 3.8) is 0 Å². The second-order valence-electron chi connectivity index (χ2n) is 7.99. The summed E-state index contributed by atoms with van der Waals surface area (Å²) in [7, 11) is 4.49. The Labute approximate surface area is 160 Å². The topological polar surface area (TPSA) is 59.1 Å². The number of fused-ring (bicyclic) bond motifs is 5. The molecule has 138 valence electrons. The average Bonchev–Trinajstić information content (AvgIpc) is 2.98. The molecule has 0 amide bonds. The second-order valence-corrected chi connectivity index (χ2v) is 9.89. The number of rotatable bonds is 4. The van der Waals surface area contributed by atoms with E-state index in [0.29, 0.717) is 34.0 Å². The first kappa shape index (κ1) is 16.9. The van der Waals surface area contributed by atoms with Crippen molar-refractivity contribution in [3.8, 4) is 0 Å². The Kier molecular flexibility index (Phi) is 3.65. The number of likely N-dealkylation sites (N-methyl/N-ethyl adjacent to an activating group) is 1. The van der Waals surface area contributed by atoms with E-state index in [2.05, 4.69) is 14.1 Å². The van der Waals surface area contributed by atoms with Crippen molar-refractivity contribution in [2.24, 2.45) is 0 Å². The summed E-state index contributed by atoms with van der Waals surface area (Å²) >= 11 is 2.74. The first-order chi connectivity index (χ1) is 12.4. The maximum absolute atomic E-state index is 13.1. The highest BCUT2D eigenvalue weighted by Gasteiger charge is 2.71. The summed E-state index contributed by atoms with van der Waals surface area (Å²) in [6.07, 6.45) is 2.05. The highest BCUT2D eigenvalue weighted by molar-refractivity contribution is 7.12. The average molecular weight is 393 g/mol. The van der Waals surface area contributed by atoms with Gasteiger partial charge in [0.1, 0.15) is 30.4 Å². The van der Waals surface area contributed by atoms with E-state index in [9.17, 15) is 9.90 Å². The number of epoxide rings is 1. The van der Waals surface area contributed by atoms with Crippen molar-refractivity contribution in [1.29, 1.82) is 0 Å². The lowest BCUT2D eigenvalue weighted by Crippen LogP contribution is -2.60. The van der Waals surface area contributed by atoms with Gasteiger partial charge in [-0.2, -0.15) is 0 Å². The molecule has 7 heteroatoms. The molecular formula is C19H22NO4S2+. The van der Waals surface area contributed by atoms with Gasteiger partial charge < -0.3 is 19.1 Å². The SMILES string of the molecule is C[N+]1(C)[C@H]2CC(OC(=O)C(O)(c3cccs3)c3cccs3)C[C@H]1[C@@H]1O[C@H]12. The second kappa shape index (κ2) is 5.62. The van der Waals surface area contributed by atoms with Gasteiger partial charge in [0.25, 0.3) is 0 Å². The normalized spacial score (nSPS) is 34.3. The number of carbonyl (C=O) groups excluding carboxylic acids is 1. The smallest absolute Gasteiger partial charge is 0.349 e. The molecule has 3 saturated heterocycles. The molecule has 0 spiro atoms. The molecule has 5 nitrogen and oxygen atoms in total. The van der Waals surface area contributed by atoms with Gasteiger partial charge >= 0.3 is 5.97 Å². The van der Waals surface area contributed by atoms with E-state index in [4.69, 9.17) is 9.47 Å². The number of esters is 1. The summed E-state index contributed by atoms with van der Waals surface area (Å²) in [5.74, 6) is -0.561. The number of piperidine rings is 1. The fourth-order valence-electron chi connectivity index (χ4n) is 4.83. The summed E-state index contributed by atoms with van der Waals surface area (Å²) in [5.41, 5.74) is -1.72. The van der Waals surface area contributed by atoms with Crippen molar-refractivity contribution >= 4 is 28.6 Å². The fourth-order valence-corrected chi connectivity index (χ4v) is 6.54. The Morgan fingerprint density at radius 2 is 1.69 bits per heavy atom. The van der Waals surface area contributed by atoms with E-state index in [1.165, 1.54) is 22.7 Å². The minimum atomic E-state index is -1.72. The van der Waals surface area contributed by atoms with Crippen LogP contribution in [-0.2, 0) is 19.9 Å². The molecule has 3 aliphatic rings. The molecule has 0 unspecified atom stereocenters. The van der Waals surface area contributed by atoms with Crippen LogP contribution in [-0.4, -0.2) is 60.0 Å². The highest BCUT2D eigenvalue weighted by atomic mass is 32.1. The van der Waals surface area contributed by atoms with Crippen LogP contribution in [0.4, 0.5) is 0 Å². The largest absolute Gasteiger partial charge is 0.459 e.